The number of anilines is 1. The van der Waals surface area contributed by atoms with Crippen molar-refractivity contribution >= 4 is 22.4 Å². The largest absolute Gasteiger partial charge is 0.370 e. The van der Waals surface area contributed by atoms with Gasteiger partial charge in [-0.25, -0.2) is 9.98 Å². The molecule has 0 aliphatic carbocycles. The molecule has 0 amide bonds. The Morgan fingerprint density at radius 2 is 2.42 bits per heavy atom. The highest BCUT2D eigenvalue weighted by Crippen LogP contribution is 2.19. The molecule has 1 unspecified atom stereocenters. The summed E-state index contributed by atoms with van der Waals surface area (Å²) in [5.74, 6) is 1.37. The smallest absolute Gasteiger partial charge is 0.191 e. The number of nitrogens with two attached hydrogens (primary N) is 1. The third-order valence-corrected chi connectivity index (χ3v) is 4.36. The average molecular weight is 281 g/mol. The van der Waals surface area contributed by atoms with E-state index in [4.69, 9.17) is 5.73 Å². The quantitative estimate of drug-likeness (QED) is 0.677. The van der Waals surface area contributed by atoms with E-state index in [1.165, 1.54) is 12.8 Å². The molecule has 2 N–H and O–H groups in total. The molecule has 0 saturated carbocycles. The second kappa shape index (κ2) is 6.23. The van der Waals surface area contributed by atoms with Gasteiger partial charge >= 0.3 is 0 Å². The monoisotopic (exact) mass is 281 g/mol. The van der Waals surface area contributed by atoms with E-state index in [1.54, 1.807) is 11.3 Å². The van der Waals surface area contributed by atoms with Gasteiger partial charge < -0.3 is 15.5 Å². The molecule has 19 heavy (non-hydrogen) atoms. The molecule has 0 aromatic carbocycles. The maximum Gasteiger partial charge on any atom is 0.191 e. The summed E-state index contributed by atoms with van der Waals surface area (Å²) in [6.07, 6.45) is 2.50. The first-order chi connectivity index (χ1) is 9.06. The van der Waals surface area contributed by atoms with Gasteiger partial charge in [0.15, 0.2) is 11.1 Å². The van der Waals surface area contributed by atoms with Crippen molar-refractivity contribution in [3.8, 4) is 0 Å². The predicted molar refractivity (Wildman–Crippen MR) is 81.7 cm³/mol. The number of nitrogens with zero attached hydrogens (tertiary/aromatic N) is 4. The van der Waals surface area contributed by atoms with Gasteiger partial charge in [0, 0.05) is 32.6 Å². The van der Waals surface area contributed by atoms with E-state index in [9.17, 15) is 0 Å². The Kier molecular flexibility index (Phi) is 4.63. The van der Waals surface area contributed by atoms with Crippen molar-refractivity contribution in [3.63, 3.8) is 0 Å². The zero-order valence-corrected chi connectivity index (χ0v) is 12.8. The molecular weight excluding hydrogens is 258 g/mol. The Balaban J connectivity index is 1.93. The minimum atomic E-state index is 0.570. The van der Waals surface area contributed by atoms with Gasteiger partial charge in [0.05, 0.1) is 12.2 Å². The third-order valence-electron chi connectivity index (χ3n) is 3.31. The zero-order chi connectivity index (χ0) is 13.8. The molecule has 1 aromatic heterocycles. The molecule has 1 atom stereocenters. The van der Waals surface area contributed by atoms with Crippen molar-refractivity contribution in [1.29, 1.82) is 0 Å². The van der Waals surface area contributed by atoms with Gasteiger partial charge in [-0.15, -0.1) is 11.3 Å². The molecule has 0 spiro atoms. The maximum atomic E-state index is 6.07. The first kappa shape index (κ1) is 14.1. The molecule has 2 heterocycles. The lowest BCUT2D eigenvalue weighted by atomic mass is 10.0. The fourth-order valence-corrected chi connectivity index (χ4v) is 2.98. The minimum Gasteiger partial charge on any atom is -0.370 e. The number of piperidine rings is 1. The lowest BCUT2D eigenvalue weighted by Crippen LogP contribution is -2.43. The second-order valence-corrected chi connectivity index (χ2v) is 6.22. The first-order valence-corrected chi connectivity index (χ1v) is 7.61. The van der Waals surface area contributed by atoms with Gasteiger partial charge in [0.1, 0.15) is 0 Å². The van der Waals surface area contributed by atoms with E-state index in [0.29, 0.717) is 18.4 Å². The number of aliphatic imine (C=N–C) groups is 1. The molecule has 1 aliphatic heterocycles. The Morgan fingerprint density at radius 1 is 1.63 bits per heavy atom. The number of guanidine groups is 1. The van der Waals surface area contributed by atoms with E-state index >= 15 is 0 Å². The van der Waals surface area contributed by atoms with Gasteiger partial charge in [0.25, 0.3) is 0 Å². The summed E-state index contributed by atoms with van der Waals surface area (Å²) in [7, 11) is 3.99. The van der Waals surface area contributed by atoms with Gasteiger partial charge in [-0.2, -0.15) is 0 Å². The van der Waals surface area contributed by atoms with E-state index in [0.717, 1.165) is 23.9 Å². The van der Waals surface area contributed by atoms with Crippen LogP contribution in [0.3, 0.4) is 0 Å². The summed E-state index contributed by atoms with van der Waals surface area (Å²) in [5.41, 5.74) is 7.05. The van der Waals surface area contributed by atoms with Crippen molar-refractivity contribution in [2.45, 2.75) is 26.3 Å². The summed E-state index contributed by atoms with van der Waals surface area (Å²) < 4.78 is 0. The Hall–Kier alpha value is -1.30. The molecule has 5 nitrogen and oxygen atoms in total. The Morgan fingerprint density at radius 3 is 3.05 bits per heavy atom. The highest BCUT2D eigenvalue weighted by Gasteiger charge is 2.17. The van der Waals surface area contributed by atoms with Crippen LogP contribution in [0.5, 0.6) is 0 Å². The van der Waals surface area contributed by atoms with E-state index < -0.39 is 0 Å². The lowest BCUT2D eigenvalue weighted by molar-refractivity contribution is 0.270. The molecule has 2 rings (SSSR count). The summed E-state index contributed by atoms with van der Waals surface area (Å²) in [5, 5.41) is 3.06. The Bertz CT molecular complexity index is 440. The van der Waals surface area contributed by atoms with Gasteiger partial charge in [-0.3, -0.25) is 0 Å². The van der Waals surface area contributed by atoms with Crippen LogP contribution in [0.4, 0.5) is 5.13 Å². The van der Waals surface area contributed by atoms with Crippen molar-refractivity contribution in [3.05, 3.63) is 11.1 Å². The fourth-order valence-electron chi connectivity index (χ4n) is 2.23. The normalized spacial score (nSPS) is 20.7. The standard InChI is InChI=1S/C13H23N5S/c1-10-5-4-6-18(8-10)12(14)15-7-11-9-19-13(16-11)17(2)3/h9-10H,4-8H2,1-3H3,(H2,14,15). The highest BCUT2D eigenvalue weighted by atomic mass is 32.1. The molecule has 1 aliphatic rings. The van der Waals surface area contributed by atoms with Gasteiger partial charge in [-0.05, 0) is 18.8 Å². The topological polar surface area (TPSA) is 57.8 Å². The van der Waals surface area contributed by atoms with Crippen molar-refractivity contribution in [2.75, 3.05) is 32.1 Å². The second-order valence-electron chi connectivity index (χ2n) is 5.38. The van der Waals surface area contributed by atoms with Crippen LogP contribution in [-0.4, -0.2) is 43.0 Å². The van der Waals surface area contributed by atoms with Crippen LogP contribution in [-0.2, 0) is 6.54 Å². The fraction of sp³-hybridized carbons (Fsp3) is 0.692. The zero-order valence-electron chi connectivity index (χ0n) is 12.0. The number of aromatic nitrogens is 1. The summed E-state index contributed by atoms with van der Waals surface area (Å²) >= 11 is 1.64. The lowest BCUT2D eigenvalue weighted by Gasteiger charge is -2.31. The number of likely N-dealkylation sites (tertiary alicyclic amines) is 1. The SMILES string of the molecule is CC1CCCN(C(N)=NCc2csc(N(C)C)n2)C1. The molecule has 0 radical (unpaired) electrons. The molecule has 1 aromatic rings. The summed E-state index contributed by atoms with van der Waals surface area (Å²) in [6, 6.07) is 0. The van der Waals surface area contributed by atoms with E-state index in [-0.39, 0.29) is 0 Å². The number of hydrogen-bond acceptors (Lipinski definition) is 4. The molecule has 1 fully saturated rings. The van der Waals surface area contributed by atoms with Crippen LogP contribution < -0.4 is 10.6 Å². The summed E-state index contributed by atoms with van der Waals surface area (Å²) in [6.45, 7) is 4.89. The van der Waals surface area contributed by atoms with Gasteiger partial charge in [0.2, 0.25) is 0 Å². The van der Waals surface area contributed by atoms with Crippen LogP contribution >= 0.6 is 11.3 Å². The van der Waals surface area contributed by atoms with Crippen LogP contribution in [0.15, 0.2) is 10.4 Å². The molecule has 1 saturated heterocycles. The van der Waals surface area contributed by atoms with Crippen molar-refractivity contribution in [2.24, 2.45) is 16.6 Å². The van der Waals surface area contributed by atoms with Gasteiger partial charge in [-0.1, -0.05) is 6.92 Å². The average Bonchev–Trinajstić information content (AvgIpc) is 2.85. The van der Waals surface area contributed by atoms with Crippen LogP contribution in [0, 0.1) is 5.92 Å². The third kappa shape index (κ3) is 3.83. The number of hydrogen-bond donors (Lipinski definition) is 1. The molecule has 106 valence electrons. The van der Waals surface area contributed by atoms with Crippen molar-refractivity contribution < 1.29 is 0 Å². The summed E-state index contributed by atoms with van der Waals surface area (Å²) in [4.78, 5) is 13.2. The molecular formula is C13H23N5S. The van der Waals surface area contributed by atoms with Crippen molar-refractivity contribution in [1.82, 2.24) is 9.88 Å². The van der Waals surface area contributed by atoms with Crippen LogP contribution in [0.25, 0.3) is 0 Å². The minimum absolute atomic E-state index is 0.570. The van der Waals surface area contributed by atoms with E-state index in [1.807, 2.05) is 24.4 Å². The predicted octanol–water partition coefficient (Wildman–Crippen LogP) is 1.76. The number of thiazole rings is 1. The molecule has 0 bridgehead atoms. The Labute approximate surface area is 119 Å². The molecule has 6 heteroatoms. The van der Waals surface area contributed by atoms with E-state index in [2.05, 4.69) is 21.8 Å². The first-order valence-electron chi connectivity index (χ1n) is 6.73. The van der Waals surface area contributed by atoms with Crippen LogP contribution in [0.2, 0.25) is 0 Å². The number of rotatable bonds is 3. The van der Waals surface area contributed by atoms with Crippen LogP contribution in [0.1, 0.15) is 25.5 Å². The highest BCUT2D eigenvalue weighted by molar-refractivity contribution is 7.13. The maximum absolute atomic E-state index is 6.07.